The lowest BCUT2D eigenvalue weighted by atomic mass is 10.3. The number of carboxylic acid groups (broad SMARTS) is 1. The number of sulfonamides is 1. The maximum Gasteiger partial charge on any atom is 0.323 e. The van der Waals surface area contributed by atoms with Crippen LogP contribution in [0.1, 0.15) is 12.5 Å². The Bertz CT molecular complexity index is 522. The van der Waals surface area contributed by atoms with Gasteiger partial charge in [-0.2, -0.15) is 5.10 Å². The summed E-state index contributed by atoms with van der Waals surface area (Å²) in [5.74, 6) is -1.08. The molecule has 0 fully saturated rings. The molecule has 0 spiro atoms. The van der Waals surface area contributed by atoms with E-state index in [-0.39, 0.29) is 6.54 Å². The number of hydrogen-bond donors (Lipinski definition) is 3. The van der Waals surface area contributed by atoms with Gasteiger partial charge in [0.05, 0.1) is 6.20 Å². The third-order valence-electron chi connectivity index (χ3n) is 2.34. The quantitative estimate of drug-likeness (QED) is 0.617. The Morgan fingerprint density at radius 1 is 1.71 bits per heavy atom. The van der Waals surface area contributed by atoms with Crippen LogP contribution < -0.4 is 10.5 Å². The van der Waals surface area contributed by atoms with Gasteiger partial charge in [0.25, 0.3) is 0 Å². The highest BCUT2D eigenvalue weighted by Crippen LogP contribution is 2.09. The molecule has 0 aliphatic rings. The van der Waals surface area contributed by atoms with Gasteiger partial charge in [0.1, 0.15) is 5.82 Å². The van der Waals surface area contributed by atoms with Crippen molar-refractivity contribution in [2.45, 2.75) is 18.7 Å². The van der Waals surface area contributed by atoms with E-state index in [1.54, 1.807) is 7.05 Å². The molecule has 0 amide bonds. The summed E-state index contributed by atoms with van der Waals surface area (Å²) in [5, 5.41) is 10.9. The summed E-state index contributed by atoms with van der Waals surface area (Å²) in [6.45, 7) is 1.01. The minimum atomic E-state index is -3.91. The number of hydrogen-bond acceptors (Lipinski definition) is 5. The Hall–Kier alpha value is -1.61. The van der Waals surface area contributed by atoms with Crippen LogP contribution in [0.4, 0.5) is 5.82 Å². The lowest BCUT2D eigenvalue weighted by molar-refractivity contribution is -0.136. The molecule has 17 heavy (non-hydrogen) atoms. The van der Waals surface area contributed by atoms with Gasteiger partial charge in [0.15, 0.2) is 5.25 Å². The van der Waals surface area contributed by atoms with Gasteiger partial charge in [-0.05, 0) is 6.92 Å². The second kappa shape index (κ2) is 4.72. The Kier molecular flexibility index (Phi) is 3.73. The van der Waals surface area contributed by atoms with Crippen LogP contribution in [0.5, 0.6) is 0 Å². The van der Waals surface area contributed by atoms with Crippen LogP contribution in [0.15, 0.2) is 6.20 Å². The number of rotatable bonds is 5. The predicted octanol–water partition coefficient (Wildman–Crippen LogP) is -1.11. The van der Waals surface area contributed by atoms with Crippen molar-refractivity contribution in [2.24, 2.45) is 7.05 Å². The standard InChI is InChI=1S/C8H14N4O4S/c1-5(8(13)14)17(15,16)11-4-6-3-10-12(2)7(6)9/h3,5,11H,4,9H2,1-2H3,(H,13,14). The van der Waals surface area contributed by atoms with Crippen LogP contribution in [0.3, 0.4) is 0 Å². The van der Waals surface area contributed by atoms with Crippen LogP contribution in [-0.2, 0) is 28.4 Å². The van der Waals surface area contributed by atoms with Crippen LogP contribution in [0, 0.1) is 0 Å². The number of nitrogens with one attached hydrogen (secondary N) is 1. The van der Waals surface area contributed by atoms with E-state index in [0.29, 0.717) is 11.4 Å². The van der Waals surface area contributed by atoms with E-state index in [1.807, 2.05) is 0 Å². The first-order valence-electron chi connectivity index (χ1n) is 4.73. The molecule has 1 heterocycles. The number of nitrogen functional groups attached to an aromatic ring is 1. The van der Waals surface area contributed by atoms with Gasteiger partial charge in [-0.1, -0.05) is 0 Å². The van der Waals surface area contributed by atoms with Crippen molar-refractivity contribution in [2.75, 3.05) is 5.73 Å². The summed E-state index contributed by atoms with van der Waals surface area (Å²) in [7, 11) is -2.29. The highest BCUT2D eigenvalue weighted by molar-refractivity contribution is 7.90. The van der Waals surface area contributed by atoms with Gasteiger partial charge in [-0.25, -0.2) is 13.1 Å². The van der Waals surface area contributed by atoms with Crippen molar-refractivity contribution in [1.82, 2.24) is 14.5 Å². The summed E-state index contributed by atoms with van der Waals surface area (Å²) >= 11 is 0. The van der Waals surface area contributed by atoms with E-state index in [0.717, 1.165) is 6.92 Å². The van der Waals surface area contributed by atoms with Crippen LogP contribution in [0.25, 0.3) is 0 Å². The molecule has 9 heteroatoms. The summed E-state index contributed by atoms with van der Waals surface area (Å²) in [5.41, 5.74) is 6.11. The zero-order valence-corrected chi connectivity index (χ0v) is 10.2. The molecule has 4 N–H and O–H groups in total. The number of aryl methyl sites for hydroxylation is 1. The minimum absolute atomic E-state index is 0.0837. The van der Waals surface area contributed by atoms with Crippen LogP contribution in [-0.4, -0.2) is 34.5 Å². The summed E-state index contributed by atoms with van der Waals surface area (Å²) in [6.07, 6.45) is 1.42. The van der Waals surface area contributed by atoms with E-state index in [9.17, 15) is 13.2 Å². The van der Waals surface area contributed by atoms with Crippen LogP contribution in [0.2, 0.25) is 0 Å². The molecule has 1 atom stereocenters. The first-order chi connectivity index (χ1) is 7.75. The molecule has 96 valence electrons. The first-order valence-corrected chi connectivity index (χ1v) is 6.28. The second-order valence-corrected chi connectivity index (χ2v) is 5.61. The maximum absolute atomic E-state index is 11.5. The Morgan fingerprint density at radius 3 is 2.71 bits per heavy atom. The highest BCUT2D eigenvalue weighted by atomic mass is 32.2. The van der Waals surface area contributed by atoms with E-state index in [2.05, 4.69) is 9.82 Å². The monoisotopic (exact) mass is 262 g/mol. The average molecular weight is 262 g/mol. The highest BCUT2D eigenvalue weighted by Gasteiger charge is 2.27. The molecule has 1 rings (SSSR count). The molecule has 8 nitrogen and oxygen atoms in total. The van der Waals surface area contributed by atoms with Gasteiger partial charge >= 0.3 is 5.97 Å². The third-order valence-corrected chi connectivity index (χ3v) is 4.02. The van der Waals surface area contributed by atoms with Crippen molar-refractivity contribution < 1.29 is 18.3 Å². The van der Waals surface area contributed by atoms with Crippen LogP contribution >= 0.6 is 0 Å². The summed E-state index contributed by atoms with van der Waals surface area (Å²) in [4.78, 5) is 10.6. The Morgan fingerprint density at radius 2 is 2.29 bits per heavy atom. The lowest BCUT2D eigenvalue weighted by Gasteiger charge is -2.09. The second-order valence-electron chi connectivity index (χ2n) is 3.53. The molecule has 0 saturated heterocycles. The molecule has 0 saturated carbocycles. The van der Waals surface area contributed by atoms with Gasteiger partial charge in [0.2, 0.25) is 10.0 Å². The number of aliphatic carboxylic acids is 1. The Balaban J connectivity index is 2.75. The van der Waals surface area contributed by atoms with E-state index in [4.69, 9.17) is 10.8 Å². The molecule has 0 aliphatic heterocycles. The van der Waals surface area contributed by atoms with Gasteiger partial charge in [-0.3, -0.25) is 9.48 Å². The topological polar surface area (TPSA) is 127 Å². The van der Waals surface area contributed by atoms with Gasteiger partial charge in [-0.15, -0.1) is 0 Å². The third kappa shape index (κ3) is 2.94. The van der Waals surface area contributed by atoms with Crippen molar-refractivity contribution >= 4 is 21.8 Å². The van der Waals surface area contributed by atoms with Crippen molar-refractivity contribution in [3.8, 4) is 0 Å². The molecular formula is C8H14N4O4S. The fourth-order valence-electron chi connectivity index (χ4n) is 1.06. The van der Waals surface area contributed by atoms with E-state index >= 15 is 0 Å². The predicted molar refractivity (Wildman–Crippen MR) is 60.5 cm³/mol. The normalized spacial score (nSPS) is 13.5. The number of nitrogens with two attached hydrogens (primary N) is 1. The average Bonchev–Trinajstić information content (AvgIpc) is 2.56. The van der Waals surface area contributed by atoms with E-state index in [1.165, 1.54) is 10.9 Å². The summed E-state index contributed by atoms with van der Waals surface area (Å²) in [6, 6.07) is 0. The number of anilines is 1. The number of nitrogens with zero attached hydrogens (tertiary/aromatic N) is 2. The smallest absolute Gasteiger partial charge is 0.323 e. The maximum atomic E-state index is 11.5. The number of aromatic nitrogens is 2. The molecule has 0 bridgehead atoms. The Labute approximate surface area is 98.5 Å². The largest absolute Gasteiger partial charge is 0.480 e. The molecule has 1 unspecified atom stereocenters. The lowest BCUT2D eigenvalue weighted by Crippen LogP contribution is -2.37. The molecular weight excluding hydrogens is 248 g/mol. The first kappa shape index (κ1) is 13.5. The minimum Gasteiger partial charge on any atom is -0.480 e. The number of carbonyl (C=O) groups is 1. The molecule has 1 aromatic rings. The fraction of sp³-hybridized carbons (Fsp3) is 0.500. The van der Waals surface area contributed by atoms with Gasteiger partial charge < -0.3 is 10.8 Å². The molecule has 0 aromatic carbocycles. The summed E-state index contributed by atoms with van der Waals surface area (Å²) < 4.78 is 26.6. The zero-order valence-electron chi connectivity index (χ0n) is 9.41. The fourth-order valence-corrected chi connectivity index (χ4v) is 1.94. The number of carboxylic acids is 1. The van der Waals surface area contributed by atoms with Crippen molar-refractivity contribution in [1.29, 1.82) is 0 Å². The molecule has 1 aromatic heterocycles. The zero-order chi connectivity index (χ0) is 13.2. The van der Waals surface area contributed by atoms with E-state index < -0.39 is 21.2 Å². The van der Waals surface area contributed by atoms with Crippen molar-refractivity contribution in [3.05, 3.63) is 11.8 Å². The van der Waals surface area contributed by atoms with Gasteiger partial charge in [0, 0.05) is 19.2 Å². The molecule has 0 aliphatic carbocycles. The van der Waals surface area contributed by atoms with Crippen molar-refractivity contribution in [3.63, 3.8) is 0 Å². The SMILES string of the molecule is CC(C(=O)O)S(=O)(=O)NCc1cnn(C)c1N. The molecule has 0 radical (unpaired) electrons.